The van der Waals surface area contributed by atoms with Crippen LogP contribution in [0.4, 0.5) is 13.2 Å². The number of sulfonamides is 1. The zero-order valence-corrected chi connectivity index (χ0v) is 13.2. The summed E-state index contributed by atoms with van der Waals surface area (Å²) in [5.74, 6) is 0. The van der Waals surface area contributed by atoms with Crippen molar-refractivity contribution in [2.75, 3.05) is 7.05 Å². The minimum Gasteiger partial charge on any atom is -0.301 e. The van der Waals surface area contributed by atoms with Crippen molar-refractivity contribution in [1.29, 1.82) is 0 Å². The maximum Gasteiger partial charge on any atom is 0.416 e. The molecule has 0 saturated carbocycles. The van der Waals surface area contributed by atoms with Crippen LogP contribution in [-0.2, 0) is 16.2 Å². The number of halogens is 3. The number of alkyl halides is 3. The quantitative estimate of drug-likeness (QED) is 0.786. The number of benzene rings is 1. The second kappa shape index (κ2) is 5.60. The lowest BCUT2D eigenvalue weighted by molar-refractivity contribution is -0.137. The molecule has 1 aromatic carbocycles. The van der Waals surface area contributed by atoms with Gasteiger partial charge in [-0.05, 0) is 43.4 Å². The molecule has 9 heteroatoms. The van der Waals surface area contributed by atoms with Crippen LogP contribution in [0.15, 0.2) is 53.7 Å². The lowest BCUT2D eigenvalue weighted by Gasteiger charge is -2.09. The molecule has 0 radical (unpaired) electrons. The number of hydrogen-bond acceptors (Lipinski definition) is 3. The van der Waals surface area contributed by atoms with E-state index < -0.39 is 21.8 Å². The first-order chi connectivity index (χ1) is 11.2. The predicted molar refractivity (Wildman–Crippen MR) is 82.3 cm³/mol. The molecule has 3 aromatic rings. The van der Waals surface area contributed by atoms with Gasteiger partial charge in [0.2, 0.25) is 10.0 Å². The van der Waals surface area contributed by atoms with Gasteiger partial charge in [-0.15, -0.1) is 0 Å². The number of nitrogens with one attached hydrogen (secondary N) is 1. The predicted octanol–water partition coefficient (Wildman–Crippen LogP) is 2.95. The molecule has 2 aromatic heterocycles. The summed E-state index contributed by atoms with van der Waals surface area (Å²) >= 11 is 0. The first-order valence-electron chi connectivity index (χ1n) is 6.81. The monoisotopic (exact) mass is 355 g/mol. The molecular formula is C15H12F3N3O2S. The van der Waals surface area contributed by atoms with Gasteiger partial charge in [-0.1, -0.05) is 0 Å². The van der Waals surface area contributed by atoms with Gasteiger partial charge in [0.05, 0.1) is 5.56 Å². The van der Waals surface area contributed by atoms with E-state index in [4.69, 9.17) is 0 Å². The number of rotatable bonds is 3. The van der Waals surface area contributed by atoms with Crippen LogP contribution < -0.4 is 4.72 Å². The first kappa shape index (κ1) is 16.5. The summed E-state index contributed by atoms with van der Waals surface area (Å²) in [6.07, 6.45) is -1.57. The molecule has 0 fully saturated rings. The van der Waals surface area contributed by atoms with E-state index in [0.717, 1.165) is 12.1 Å². The second-order valence-electron chi connectivity index (χ2n) is 5.02. The van der Waals surface area contributed by atoms with E-state index in [0.29, 0.717) is 16.7 Å². The van der Waals surface area contributed by atoms with Gasteiger partial charge in [0.15, 0.2) is 0 Å². The molecule has 2 heterocycles. The summed E-state index contributed by atoms with van der Waals surface area (Å²) in [4.78, 5) is 4.14. The van der Waals surface area contributed by atoms with Crippen LogP contribution in [0.3, 0.4) is 0 Å². The summed E-state index contributed by atoms with van der Waals surface area (Å²) in [6.45, 7) is 0. The molecule has 1 N–H and O–H groups in total. The molecule has 0 aliphatic heterocycles. The van der Waals surface area contributed by atoms with Gasteiger partial charge in [-0.2, -0.15) is 13.2 Å². The van der Waals surface area contributed by atoms with E-state index in [1.807, 2.05) is 0 Å². The standard InChI is InChI=1S/C15H12F3N3O2S/c1-19-24(22,23)13-8-10-6-7-21(14(10)20-9-13)12-4-2-11(3-5-12)15(16,17)18/h2-9,19H,1H3. The Morgan fingerprint density at radius 1 is 1.12 bits per heavy atom. The van der Waals surface area contributed by atoms with Crippen LogP contribution in [0, 0.1) is 0 Å². The molecule has 5 nitrogen and oxygen atoms in total. The van der Waals surface area contributed by atoms with Crippen LogP contribution in [0.25, 0.3) is 16.7 Å². The van der Waals surface area contributed by atoms with Crippen molar-refractivity contribution < 1.29 is 21.6 Å². The fourth-order valence-electron chi connectivity index (χ4n) is 2.29. The van der Waals surface area contributed by atoms with Crippen molar-refractivity contribution in [2.45, 2.75) is 11.1 Å². The summed E-state index contributed by atoms with van der Waals surface area (Å²) < 4.78 is 65.2. The Hall–Kier alpha value is -2.39. The van der Waals surface area contributed by atoms with Crippen LogP contribution in [0.1, 0.15) is 5.56 Å². The highest BCUT2D eigenvalue weighted by atomic mass is 32.2. The smallest absolute Gasteiger partial charge is 0.301 e. The van der Waals surface area contributed by atoms with E-state index in [1.165, 1.54) is 31.4 Å². The molecule has 0 spiro atoms. The fourth-order valence-corrected chi connectivity index (χ4v) is 3.00. The summed E-state index contributed by atoms with van der Waals surface area (Å²) in [7, 11) is -2.32. The van der Waals surface area contributed by atoms with Gasteiger partial charge < -0.3 is 4.57 Å². The van der Waals surface area contributed by atoms with E-state index in [9.17, 15) is 21.6 Å². The molecule has 0 aliphatic rings. The number of aromatic nitrogens is 2. The van der Waals surface area contributed by atoms with Gasteiger partial charge in [0, 0.05) is 23.5 Å². The highest BCUT2D eigenvalue weighted by molar-refractivity contribution is 7.89. The third-order valence-electron chi connectivity index (χ3n) is 3.55. The summed E-state index contributed by atoms with van der Waals surface area (Å²) in [5, 5.41) is 0.561. The van der Waals surface area contributed by atoms with Crippen LogP contribution in [0.2, 0.25) is 0 Å². The number of hydrogen-bond donors (Lipinski definition) is 1. The van der Waals surface area contributed by atoms with Gasteiger partial charge in [0.1, 0.15) is 10.5 Å². The molecule has 0 bridgehead atoms. The Morgan fingerprint density at radius 2 is 1.79 bits per heavy atom. The first-order valence-corrected chi connectivity index (χ1v) is 8.29. The second-order valence-corrected chi connectivity index (χ2v) is 6.91. The lowest BCUT2D eigenvalue weighted by Crippen LogP contribution is -2.18. The SMILES string of the molecule is CNS(=O)(=O)c1cnc2c(ccn2-c2ccc(C(F)(F)F)cc2)c1. The van der Waals surface area contributed by atoms with Gasteiger partial charge in [0.25, 0.3) is 0 Å². The molecule has 0 saturated heterocycles. The Morgan fingerprint density at radius 3 is 2.38 bits per heavy atom. The highest BCUT2D eigenvalue weighted by Gasteiger charge is 2.30. The fraction of sp³-hybridized carbons (Fsp3) is 0.133. The minimum absolute atomic E-state index is 0.0164. The Bertz CT molecular complexity index is 993. The van der Waals surface area contributed by atoms with Crippen LogP contribution in [-0.4, -0.2) is 25.0 Å². The van der Waals surface area contributed by atoms with Crippen LogP contribution in [0.5, 0.6) is 0 Å². The largest absolute Gasteiger partial charge is 0.416 e. The Kier molecular flexibility index (Phi) is 3.84. The van der Waals surface area contributed by atoms with Crippen molar-refractivity contribution in [1.82, 2.24) is 14.3 Å². The van der Waals surface area contributed by atoms with E-state index in [1.54, 1.807) is 16.8 Å². The summed E-state index contributed by atoms with van der Waals surface area (Å²) in [5.41, 5.74) is 0.206. The highest BCUT2D eigenvalue weighted by Crippen LogP contribution is 2.30. The van der Waals surface area contributed by atoms with Gasteiger partial charge >= 0.3 is 6.18 Å². The van der Waals surface area contributed by atoms with Gasteiger partial charge in [-0.25, -0.2) is 18.1 Å². The van der Waals surface area contributed by atoms with Crippen molar-refractivity contribution in [2.24, 2.45) is 0 Å². The molecular weight excluding hydrogens is 343 g/mol. The van der Waals surface area contributed by atoms with Crippen molar-refractivity contribution in [3.8, 4) is 5.69 Å². The van der Waals surface area contributed by atoms with Crippen LogP contribution >= 0.6 is 0 Å². The third-order valence-corrected chi connectivity index (χ3v) is 4.93. The van der Waals surface area contributed by atoms with E-state index in [2.05, 4.69) is 9.71 Å². The third kappa shape index (κ3) is 2.87. The minimum atomic E-state index is -4.40. The van der Waals surface area contributed by atoms with Gasteiger partial charge in [-0.3, -0.25) is 0 Å². The summed E-state index contributed by atoms with van der Waals surface area (Å²) in [6, 6.07) is 7.75. The van der Waals surface area contributed by atoms with Crippen molar-refractivity contribution in [3.05, 3.63) is 54.4 Å². The maximum absolute atomic E-state index is 12.6. The zero-order valence-electron chi connectivity index (χ0n) is 12.4. The normalized spacial score (nSPS) is 12.7. The van der Waals surface area contributed by atoms with Crippen molar-refractivity contribution in [3.63, 3.8) is 0 Å². The average Bonchev–Trinajstić information content (AvgIpc) is 2.97. The molecule has 0 atom stereocenters. The molecule has 0 unspecified atom stereocenters. The zero-order chi connectivity index (χ0) is 17.5. The number of nitrogens with zero attached hydrogens (tertiary/aromatic N) is 2. The molecule has 126 valence electrons. The number of fused-ring (bicyclic) bond motifs is 1. The molecule has 0 amide bonds. The van der Waals surface area contributed by atoms with E-state index in [-0.39, 0.29) is 4.90 Å². The molecule has 24 heavy (non-hydrogen) atoms. The molecule has 3 rings (SSSR count). The Balaban J connectivity index is 2.05. The topological polar surface area (TPSA) is 64.0 Å². The number of pyridine rings is 1. The lowest BCUT2D eigenvalue weighted by atomic mass is 10.2. The average molecular weight is 355 g/mol. The Labute approximate surface area is 135 Å². The molecule has 0 aliphatic carbocycles. The van der Waals surface area contributed by atoms with E-state index >= 15 is 0 Å². The van der Waals surface area contributed by atoms with Crippen molar-refractivity contribution >= 4 is 21.1 Å². The maximum atomic E-state index is 12.6.